The molecule has 0 bridgehead atoms. The van der Waals surface area contributed by atoms with Crippen molar-refractivity contribution in [2.45, 2.75) is 39.0 Å². The lowest BCUT2D eigenvalue weighted by Gasteiger charge is -2.18. The van der Waals surface area contributed by atoms with E-state index in [1.165, 1.54) is 6.07 Å². The Morgan fingerprint density at radius 2 is 1.94 bits per heavy atom. The van der Waals surface area contributed by atoms with Gasteiger partial charge in [0.2, 0.25) is 0 Å². The maximum absolute atomic E-state index is 13.5. The highest BCUT2D eigenvalue weighted by Gasteiger charge is 2.12. The molecule has 0 radical (unpaired) electrons. The van der Waals surface area contributed by atoms with Gasteiger partial charge < -0.3 is 15.6 Å². The summed E-state index contributed by atoms with van der Waals surface area (Å²) in [5, 5.41) is 9.26. The fraction of sp³-hybridized carbons (Fsp3) is 0.500. The second-order valence-corrected chi connectivity index (χ2v) is 4.04. The monoisotopic (exact) mass is 227 g/mol. The number of rotatable bonds is 4. The third-order valence-electron chi connectivity index (χ3n) is 2.46. The highest BCUT2D eigenvalue weighted by atomic mass is 19.1. The first kappa shape index (κ1) is 12.9. The minimum Gasteiger partial charge on any atom is -0.488 e. The van der Waals surface area contributed by atoms with Crippen molar-refractivity contribution >= 4 is 0 Å². The molecule has 0 spiro atoms. The number of halogens is 1. The van der Waals surface area contributed by atoms with E-state index in [1.54, 1.807) is 32.9 Å². The molecule has 3 atom stereocenters. The van der Waals surface area contributed by atoms with Crippen LogP contribution in [0, 0.1) is 5.82 Å². The lowest BCUT2D eigenvalue weighted by molar-refractivity contribution is 0.0602. The van der Waals surface area contributed by atoms with Gasteiger partial charge in [-0.1, -0.05) is 6.07 Å². The molecule has 1 aromatic carbocycles. The average Bonchev–Trinajstić information content (AvgIpc) is 2.16. The predicted molar refractivity (Wildman–Crippen MR) is 60.8 cm³/mol. The van der Waals surface area contributed by atoms with Gasteiger partial charge in [-0.2, -0.15) is 0 Å². The van der Waals surface area contributed by atoms with Gasteiger partial charge in [0.05, 0.1) is 6.10 Å². The number of nitrogens with two attached hydrogens (primary N) is 1. The van der Waals surface area contributed by atoms with Crippen molar-refractivity contribution in [1.29, 1.82) is 0 Å². The lowest BCUT2D eigenvalue weighted by Crippen LogP contribution is -2.25. The SMILES string of the molecule is CC(O)C(C)Oc1ccc([C@H](C)N)c(F)c1. The van der Waals surface area contributed by atoms with Crippen molar-refractivity contribution in [1.82, 2.24) is 0 Å². The minimum atomic E-state index is -0.601. The van der Waals surface area contributed by atoms with Crippen LogP contribution in [-0.2, 0) is 0 Å². The molecule has 0 heterocycles. The number of hydrogen-bond acceptors (Lipinski definition) is 3. The molecule has 1 aromatic rings. The van der Waals surface area contributed by atoms with Gasteiger partial charge in [0.25, 0.3) is 0 Å². The largest absolute Gasteiger partial charge is 0.488 e. The average molecular weight is 227 g/mol. The van der Waals surface area contributed by atoms with Gasteiger partial charge in [-0.25, -0.2) is 4.39 Å². The summed E-state index contributed by atoms with van der Waals surface area (Å²) in [6.07, 6.45) is -0.975. The quantitative estimate of drug-likeness (QED) is 0.827. The van der Waals surface area contributed by atoms with Crippen LogP contribution in [0.5, 0.6) is 5.75 Å². The topological polar surface area (TPSA) is 55.5 Å². The van der Waals surface area contributed by atoms with Gasteiger partial charge >= 0.3 is 0 Å². The molecule has 0 aliphatic rings. The number of hydrogen-bond donors (Lipinski definition) is 2. The van der Waals surface area contributed by atoms with Gasteiger partial charge in [-0.05, 0) is 26.8 Å². The summed E-state index contributed by atoms with van der Waals surface area (Å²) in [7, 11) is 0. The van der Waals surface area contributed by atoms with Crippen LogP contribution in [0.2, 0.25) is 0 Å². The van der Waals surface area contributed by atoms with Crippen LogP contribution in [-0.4, -0.2) is 17.3 Å². The zero-order valence-electron chi connectivity index (χ0n) is 9.77. The Bertz CT molecular complexity index is 353. The van der Waals surface area contributed by atoms with Crippen LogP contribution in [0.1, 0.15) is 32.4 Å². The summed E-state index contributed by atoms with van der Waals surface area (Å²) in [5.74, 6) is 0.0144. The van der Waals surface area contributed by atoms with E-state index in [1.807, 2.05) is 0 Å². The van der Waals surface area contributed by atoms with E-state index in [2.05, 4.69) is 0 Å². The molecule has 2 unspecified atom stereocenters. The first-order valence-electron chi connectivity index (χ1n) is 5.31. The zero-order chi connectivity index (χ0) is 12.3. The summed E-state index contributed by atoms with van der Waals surface area (Å²) < 4.78 is 18.9. The Morgan fingerprint density at radius 3 is 2.38 bits per heavy atom. The summed E-state index contributed by atoms with van der Waals surface area (Å²) in [5.41, 5.74) is 6.05. The van der Waals surface area contributed by atoms with E-state index in [0.29, 0.717) is 11.3 Å². The summed E-state index contributed by atoms with van der Waals surface area (Å²) in [6.45, 7) is 5.07. The maximum Gasteiger partial charge on any atom is 0.131 e. The smallest absolute Gasteiger partial charge is 0.131 e. The van der Waals surface area contributed by atoms with Gasteiger partial charge in [-0.15, -0.1) is 0 Å². The lowest BCUT2D eigenvalue weighted by atomic mass is 10.1. The van der Waals surface area contributed by atoms with Crippen molar-refractivity contribution in [3.8, 4) is 5.75 Å². The number of benzene rings is 1. The number of aliphatic hydroxyl groups excluding tert-OH is 1. The molecule has 0 aromatic heterocycles. The molecule has 3 nitrogen and oxygen atoms in total. The predicted octanol–water partition coefficient (Wildman–Crippen LogP) is 1.99. The molecule has 1 rings (SSSR count). The molecule has 4 heteroatoms. The Morgan fingerprint density at radius 1 is 1.31 bits per heavy atom. The molecular weight excluding hydrogens is 209 g/mol. The Balaban J connectivity index is 2.81. The summed E-state index contributed by atoms with van der Waals surface area (Å²) in [4.78, 5) is 0. The summed E-state index contributed by atoms with van der Waals surface area (Å²) in [6, 6.07) is 4.20. The van der Waals surface area contributed by atoms with Crippen molar-refractivity contribution in [2.75, 3.05) is 0 Å². The third kappa shape index (κ3) is 3.18. The van der Waals surface area contributed by atoms with E-state index in [0.717, 1.165) is 0 Å². The van der Waals surface area contributed by atoms with Gasteiger partial charge in [0.1, 0.15) is 17.7 Å². The fourth-order valence-electron chi connectivity index (χ4n) is 1.26. The number of aliphatic hydroxyl groups is 1. The van der Waals surface area contributed by atoms with Crippen LogP contribution in [0.4, 0.5) is 4.39 Å². The van der Waals surface area contributed by atoms with Crippen LogP contribution in [0.15, 0.2) is 18.2 Å². The van der Waals surface area contributed by atoms with Crippen LogP contribution in [0.25, 0.3) is 0 Å². The Hall–Kier alpha value is -1.13. The van der Waals surface area contributed by atoms with Crippen molar-refractivity contribution in [2.24, 2.45) is 5.73 Å². The summed E-state index contributed by atoms with van der Waals surface area (Å²) >= 11 is 0. The fourth-order valence-corrected chi connectivity index (χ4v) is 1.26. The molecular formula is C12H18FNO2. The van der Waals surface area contributed by atoms with Crippen LogP contribution < -0.4 is 10.5 Å². The van der Waals surface area contributed by atoms with E-state index < -0.39 is 6.10 Å². The molecule has 90 valence electrons. The first-order chi connectivity index (χ1) is 7.41. The Labute approximate surface area is 95.0 Å². The highest BCUT2D eigenvalue weighted by molar-refractivity contribution is 5.30. The van der Waals surface area contributed by atoms with E-state index in [9.17, 15) is 9.50 Å². The Kier molecular flexibility index (Phi) is 4.26. The maximum atomic E-state index is 13.5. The van der Waals surface area contributed by atoms with Crippen molar-refractivity contribution in [3.63, 3.8) is 0 Å². The molecule has 0 aliphatic carbocycles. The molecule has 0 saturated carbocycles. The van der Waals surface area contributed by atoms with Crippen LogP contribution >= 0.6 is 0 Å². The molecule has 16 heavy (non-hydrogen) atoms. The molecule has 3 N–H and O–H groups in total. The zero-order valence-corrected chi connectivity index (χ0v) is 9.77. The molecule has 0 aliphatic heterocycles. The highest BCUT2D eigenvalue weighted by Crippen LogP contribution is 2.21. The van der Waals surface area contributed by atoms with Gasteiger partial charge in [0.15, 0.2) is 0 Å². The van der Waals surface area contributed by atoms with Crippen molar-refractivity contribution < 1.29 is 14.2 Å². The molecule has 0 saturated heterocycles. The van der Waals surface area contributed by atoms with Crippen LogP contribution in [0.3, 0.4) is 0 Å². The van der Waals surface area contributed by atoms with E-state index in [4.69, 9.17) is 10.5 Å². The van der Waals surface area contributed by atoms with Gasteiger partial charge in [-0.3, -0.25) is 0 Å². The number of ether oxygens (including phenoxy) is 1. The standard InChI is InChI=1S/C12H18FNO2/c1-7(14)11-5-4-10(6-12(11)13)16-9(3)8(2)15/h4-9,15H,14H2,1-3H3/t7-,8?,9?/m0/s1. The first-order valence-corrected chi connectivity index (χ1v) is 5.31. The minimum absolute atomic E-state index is 0.344. The second kappa shape index (κ2) is 5.27. The van der Waals surface area contributed by atoms with E-state index >= 15 is 0 Å². The van der Waals surface area contributed by atoms with E-state index in [-0.39, 0.29) is 18.0 Å². The van der Waals surface area contributed by atoms with Crippen molar-refractivity contribution in [3.05, 3.63) is 29.6 Å². The molecule has 0 amide bonds. The normalized spacial score (nSPS) is 16.6. The second-order valence-electron chi connectivity index (χ2n) is 4.04. The van der Waals surface area contributed by atoms with Gasteiger partial charge in [0, 0.05) is 17.7 Å². The molecule has 0 fully saturated rings. The third-order valence-corrected chi connectivity index (χ3v) is 2.46.